The second-order valence-electron chi connectivity index (χ2n) is 4.87. The van der Waals surface area contributed by atoms with Crippen molar-refractivity contribution in [1.29, 1.82) is 0 Å². The Hall–Kier alpha value is -1.86. The van der Waals surface area contributed by atoms with Crippen molar-refractivity contribution in [2.24, 2.45) is 0 Å². The molecule has 0 unspecified atom stereocenters. The van der Waals surface area contributed by atoms with Crippen molar-refractivity contribution in [2.45, 2.75) is 6.42 Å². The largest absolute Gasteiger partial charge is 0.497 e. The van der Waals surface area contributed by atoms with Crippen molar-refractivity contribution in [3.8, 4) is 5.75 Å². The molecular weight excluding hydrogens is 288 g/mol. The molecular formula is C14H23N4O2S+. The van der Waals surface area contributed by atoms with Gasteiger partial charge in [0.15, 0.2) is 5.11 Å². The second-order valence-corrected chi connectivity index (χ2v) is 5.28. The van der Waals surface area contributed by atoms with E-state index in [0.29, 0.717) is 16.4 Å². The Morgan fingerprint density at radius 2 is 1.90 bits per heavy atom. The fraction of sp³-hybridized carbons (Fsp3) is 0.429. The minimum absolute atomic E-state index is 0.250. The molecule has 0 fully saturated rings. The molecule has 0 atom stereocenters. The summed E-state index contributed by atoms with van der Waals surface area (Å²) >= 11 is 5.08. The van der Waals surface area contributed by atoms with Crippen LogP contribution in [0.5, 0.6) is 5.75 Å². The third kappa shape index (κ3) is 6.92. The van der Waals surface area contributed by atoms with Crippen LogP contribution in [0.25, 0.3) is 0 Å². The molecule has 1 aromatic carbocycles. The summed E-state index contributed by atoms with van der Waals surface area (Å²) in [6.07, 6.45) is 1.01. The normalized spacial score (nSPS) is 10.1. The number of carbonyl (C=O) groups is 1. The predicted octanol–water partition coefficient (Wildman–Crippen LogP) is -0.661. The van der Waals surface area contributed by atoms with E-state index in [-0.39, 0.29) is 5.91 Å². The fourth-order valence-electron chi connectivity index (χ4n) is 1.62. The molecule has 4 N–H and O–H groups in total. The number of hydrogen-bond acceptors (Lipinski definition) is 3. The molecule has 6 nitrogen and oxygen atoms in total. The number of hydrogen-bond donors (Lipinski definition) is 4. The van der Waals surface area contributed by atoms with Gasteiger partial charge in [-0.1, -0.05) is 0 Å². The number of nitrogens with one attached hydrogen (secondary N) is 4. The molecule has 21 heavy (non-hydrogen) atoms. The maximum Gasteiger partial charge on any atom is 0.269 e. The third-order valence-corrected chi connectivity index (χ3v) is 3.03. The highest BCUT2D eigenvalue weighted by atomic mass is 32.1. The highest BCUT2D eigenvalue weighted by Crippen LogP contribution is 2.10. The topological polar surface area (TPSA) is 66.8 Å². The van der Waals surface area contributed by atoms with Crippen LogP contribution < -0.4 is 25.8 Å². The van der Waals surface area contributed by atoms with E-state index in [4.69, 9.17) is 17.0 Å². The molecule has 0 radical (unpaired) electrons. The van der Waals surface area contributed by atoms with Gasteiger partial charge in [0.2, 0.25) is 0 Å². The molecule has 7 heteroatoms. The van der Waals surface area contributed by atoms with Crippen LogP contribution in [0.2, 0.25) is 0 Å². The molecule has 0 saturated heterocycles. The Bertz CT molecular complexity index is 463. The van der Waals surface area contributed by atoms with Gasteiger partial charge in [0.1, 0.15) is 5.75 Å². The van der Waals surface area contributed by atoms with Crippen molar-refractivity contribution >= 4 is 23.2 Å². The summed E-state index contributed by atoms with van der Waals surface area (Å²) in [5, 5.41) is 3.44. The van der Waals surface area contributed by atoms with Crippen LogP contribution in [0.15, 0.2) is 24.3 Å². The van der Waals surface area contributed by atoms with Crippen LogP contribution in [0.3, 0.4) is 0 Å². The zero-order valence-corrected chi connectivity index (χ0v) is 13.5. The van der Waals surface area contributed by atoms with Gasteiger partial charge in [-0.2, -0.15) is 0 Å². The first-order valence-electron chi connectivity index (χ1n) is 6.80. The van der Waals surface area contributed by atoms with E-state index in [9.17, 15) is 4.79 Å². The Morgan fingerprint density at radius 3 is 2.48 bits per heavy atom. The van der Waals surface area contributed by atoms with E-state index in [1.165, 1.54) is 4.90 Å². The molecule has 0 spiro atoms. The number of rotatable bonds is 6. The van der Waals surface area contributed by atoms with Gasteiger partial charge in [-0.25, -0.2) is 0 Å². The van der Waals surface area contributed by atoms with E-state index >= 15 is 0 Å². The maximum atomic E-state index is 11.9. The van der Waals surface area contributed by atoms with Crippen molar-refractivity contribution in [1.82, 2.24) is 16.2 Å². The average molecular weight is 311 g/mol. The van der Waals surface area contributed by atoms with E-state index < -0.39 is 0 Å². The molecule has 1 aromatic rings. The number of hydrazine groups is 1. The minimum Gasteiger partial charge on any atom is -0.497 e. The molecule has 1 rings (SSSR count). The SMILES string of the molecule is COc1ccc(C(=O)NNC(=S)NCCC[NH+](C)C)cc1. The van der Waals surface area contributed by atoms with Crippen LogP contribution in [0, 0.1) is 0 Å². The van der Waals surface area contributed by atoms with Gasteiger partial charge < -0.3 is 15.0 Å². The number of benzene rings is 1. The summed E-state index contributed by atoms with van der Waals surface area (Å²) in [7, 11) is 5.79. The summed E-state index contributed by atoms with van der Waals surface area (Å²) in [6.45, 7) is 1.84. The first-order chi connectivity index (χ1) is 10.0. The molecule has 0 aliphatic carbocycles. The van der Waals surface area contributed by atoms with Crippen LogP contribution in [-0.4, -0.2) is 45.3 Å². The second kappa shape index (κ2) is 9.15. The van der Waals surface area contributed by atoms with Crippen molar-refractivity contribution < 1.29 is 14.4 Å². The quantitative estimate of drug-likeness (QED) is 0.319. The van der Waals surface area contributed by atoms with Gasteiger partial charge in [-0.3, -0.25) is 15.6 Å². The zero-order chi connectivity index (χ0) is 15.7. The molecule has 1 amide bonds. The Kier molecular flexibility index (Phi) is 7.49. The van der Waals surface area contributed by atoms with Crippen LogP contribution in [0.4, 0.5) is 0 Å². The van der Waals surface area contributed by atoms with Crippen molar-refractivity contribution in [3.05, 3.63) is 29.8 Å². The molecule has 116 valence electrons. The lowest BCUT2D eigenvalue weighted by Gasteiger charge is -2.12. The first-order valence-corrected chi connectivity index (χ1v) is 7.21. The molecule has 0 saturated carbocycles. The minimum atomic E-state index is -0.250. The number of carbonyl (C=O) groups excluding carboxylic acids is 1. The molecule has 0 aromatic heterocycles. The van der Waals surface area contributed by atoms with Crippen molar-refractivity contribution in [3.63, 3.8) is 0 Å². The van der Waals surface area contributed by atoms with E-state index in [2.05, 4.69) is 30.3 Å². The maximum absolute atomic E-state index is 11.9. The van der Waals surface area contributed by atoms with Gasteiger partial charge in [0, 0.05) is 18.5 Å². The fourth-order valence-corrected chi connectivity index (χ4v) is 1.77. The third-order valence-electron chi connectivity index (χ3n) is 2.78. The number of ether oxygens (including phenoxy) is 1. The Labute approximate surface area is 130 Å². The Balaban J connectivity index is 2.26. The smallest absolute Gasteiger partial charge is 0.269 e. The van der Waals surface area contributed by atoms with E-state index in [0.717, 1.165) is 19.5 Å². The summed E-state index contributed by atoms with van der Waals surface area (Å²) in [6, 6.07) is 6.84. The monoisotopic (exact) mass is 311 g/mol. The number of amides is 1. The van der Waals surface area contributed by atoms with E-state index in [1.54, 1.807) is 31.4 Å². The van der Waals surface area contributed by atoms with Gasteiger partial charge in [0.05, 0.1) is 27.7 Å². The van der Waals surface area contributed by atoms with Crippen molar-refractivity contribution in [2.75, 3.05) is 34.3 Å². The summed E-state index contributed by atoms with van der Waals surface area (Å²) in [5.41, 5.74) is 5.76. The van der Waals surface area contributed by atoms with Gasteiger partial charge in [0.25, 0.3) is 5.91 Å². The van der Waals surface area contributed by atoms with Gasteiger partial charge >= 0.3 is 0 Å². The predicted molar refractivity (Wildman–Crippen MR) is 86.5 cm³/mol. The van der Waals surface area contributed by atoms with E-state index in [1.807, 2.05) is 0 Å². The lowest BCUT2D eigenvalue weighted by Crippen LogP contribution is -3.05. The summed E-state index contributed by atoms with van der Waals surface area (Å²) in [5.74, 6) is 0.458. The van der Waals surface area contributed by atoms with Crippen LogP contribution in [-0.2, 0) is 0 Å². The van der Waals surface area contributed by atoms with Crippen LogP contribution >= 0.6 is 12.2 Å². The lowest BCUT2D eigenvalue weighted by molar-refractivity contribution is -0.858. The van der Waals surface area contributed by atoms with Gasteiger partial charge in [-0.15, -0.1) is 0 Å². The van der Waals surface area contributed by atoms with Gasteiger partial charge in [-0.05, 0) is 36.5 Å². The zero-order valence-electron chi connectivity index (χ0n) is 12.7. The average Bonchev–Trinajstić information content (AvgIpc) is 2.49. The molecule has 0 bridgehead atoms. The summed E-state index contributed by atoms with van der Waals surface area (Å²) in [4.78, 5) is 13.3. The highest BCUT2D eigenvalue weighted by Gasteiger charge is 2.05. The highest BCUT2D eigenvalue weighted by molar-refractivity contribution is 7.80. The summed E-state index contributed by atoms with van der Waals surface area (Å²) < 4.78 is 5.04. The molecule has 0 aliphatic heterocycles. The lowest BCUT2D eigenvalue weighted by atomic mass is 10.2. The number of methoxy groups -OCH3 is 1. The molecule has 0 aliphatic rings. The molecule has 0 heterocycles. The number of thiocarbonyl (C=S) groups is 1. The standard InChI is InChI=1S/C14H22N4O2S/c1-18(2)10-4-9-15-14(21)17-16-13(19)11-5-7-12(20-3)8-6-11/h5-8H,4,9-10H2,1-3H3,(H,16,19)(H2,15,17,21)/p+1. The first kappa shape index (κ1) is 17.2. The van der Waals surface area contributed by atoms with Crippen LogP contribution in [0.1, 0.15) is 16.8 Å². The number of quaternary nitrogens is 1. The Morgan fingerprint density at radius 1 is 1.24 bits per heavy atom.